The fourth-order valence-electron chi connectivity index (χ4n) is 3.46. The van der Waals surface area contributed by atoms with Crippen LogP contribution in [0.3, 0.4) is 0 Å². The van der Waals surface area contributed by atoms with Gasteiger partial charge in [0.1, 0.15) is 6.61 Å². The van der Waals surface area contributed by atoms with Crippen molar-refractivity contribution in [3.63, 3.8) is 0 Å². The van der Waals surface area contributed by atoms with E-state index in [1.165, 1.54) is 6.92 Å². The predicted octanol–water partition coefficient (Wildman–Crippen LogP) is 1.58. The minimum atomic E-state index is -1.12. The Balaban J connectivity index is 2.01. The van der Waals surface area contributed by atoms with Crippen LogP contribution in [0.1, 0.15) is 25.3 Å². The Hall–Kier alpha value is -1.68. The van der Waals surface area contributed by atoms with Crippen molar-refractivity contribution in [2.45, 2.75) is 37.8 Å². The van der Waals surface area contributed by atoms with E-state index in [1.807, 2.05) is 30.3 Å². The smallest absolute Gasteiger partial charge is 0.334 e. The molecule has 1 aromatic rings. The second kappa shape index (κ2) is 5.02. The zero-order valence-electron chi connectivity index (χ0n) is 11.7. The third-order valence-corrected chi connectivity index (χ3v) is 4.50. The summed E-state index contributed by atoms with van der Waals surface area (Å²) in [5, 5.41) is 0. The lowest BCUT2D eigenvalue weighted by molar-refractivity contribution is -0.175. The van der Waals surface area contributed by atoms with Gasteiger partial charge in [0, 0.05) is 19.0 Å². The molecule has 20 heavy (non-hydrogen) atoms. The lowest BCUT2D eigenvalue weighted by atomic mass is 9.83. The lowest BCUT2D eigenvalue weighted by Gasteiger charge is -2.44. The number of benzene rings is 1. The Morgan fingerprint density at radius 1 is 1.40 bits per heavy atom. The molecule has 0 saturated carbocycles. The molecule has 2 fully saturated rings. The summed E-state index contributed by atoms with van der Waals surface area (Å²) in [7, 11) is 0. The van der Waals surface area contributed by atoms with E-state index in [4.69, 9.17) is 4.74 Å². The molecule has 4 heteroatoms. The Kier molecular flexibility index (Phi) is 3.34. The number of cyclic esters (lactones) is 1. The lowest BCUT2D eigenvalue weighted by Crippen LogP contribution is -2.66. The van der Waals surface area contributed by atoms with Crippen molar-refractivity contribution in [2.75, 3.05) is 13.2 Å². The summed E-state index contributed by atoms with van der Waals surface area (Å²) >= 11 is 0. The second-order valence-electron chi connectivity index (χ2n) is 5.67. The minimum absolute atomic E-state index is 0.113. The molecule has 106 valence electrons. The molecule has 1 aromatic carbocycles. The van der Waals surface area contributed by atoms with Gasteiger partial charge in [-0.05, 0) is 25.3 Å². The van der Waals surface area contributed by atoms with Gasteiger partial charge in [-0.25, -0.2) is 4.79 Å². The highest BCUT2D eigenvalue weighted by Crippen LogP contribution is 2.35. The summed E-state index contributed by atoms with van der Waals surface area (Å²) in [5.41, 5.74) is -0.131. The number of Topliss-reactive ketones (excluding diaryl/α,β-unsaturated/α-hetero) is 1. The van der Waals surface area contributed by atoms with Crippen molar-refractivity contribution in [1.29, 1.82) is 0 Å². The third kappa shape index (κ3) is 1.95. The van der Waals surface area contributed by atoms with Crippen molar-refractivity contribution in [2.24, 2.45) is 0 Å². The molecule has 2 aliphatic heterocycles. The fourth-order valence-corrected chi connectivity index (χ4v) is 3.46. The van der Waals surface area contributed by atoms with Gasteiger partial charge < -0.3 is 4.74 Å². The van der Waals surface area contributed by atoms with Gasteiger partial charge in [0.2, 0.25) is 0 Å². The molecular weight excluding hydrogens is 254 g/mol. The number of ketones is 1. The first-order valence-electron chi connectivity index (χ1n) is 7.13. The summed E-state index contributed by atoms with van der Waals surface area (Å²) < 4.78 is 5.34. The van der Waals surface area contributed by atoms with E-state index in [1.54, 1.807) is 0 Å². The Morgan fingerprint density at radius 3 is 2.85 bits per heavy atom. The van der Waals surface area contributed by atoms with E-state index >= 15 is 0 Å². The van der Waals surface area contributed by atoms with Crippen LogP contribution in [-0.2, 0) is 20.7 Å². The number of esters is 1. The maximum atomic E-state index is 12.4. The third-order valence-electron chi connectivity index (χ3n) is 4.50. The van der Waals surface area contributed by atoms with Crippen LogP contribution in [0.2, 0.25) is 0 Å². The van der Waals surface area contributed by atoms with Crippen LogP contribution in [0, 0.1) is 0 Å². The number of hydrogen-bond acceptors (Lipinski definition) is 4. The number of nitrogens with zero attached hydrogens (tertiary/aromatic N) is 1. The van der Waals surface area contributed by atoms with E-state index in [9.17, 15) is 9.59 Å². The number of carbonyl (C=O) groups excluding carboxylic acids is 2. The molecule has 0 bridgehead atoms. The predicted molar refractivity (Wildman–Crippen MR) is 74.2 cm³/mol. The molecule has 0 aromatic heterocycles. The molecule has 2 atom stereocenters. The quantitative estimate of drug-likeness (QED) is 0.619. The van der Waals surface area contributed by atoms with Gasteiger partial charge >= 0.3 is 5.97 Å². The highest BCUT2D eigenvalue weighted by Gasteiger charge is 2.56. The Morgan fingerprint density at radius 2 is 2.15 bits per heavy atom. The first kappa shape index (κ1) is 13.3. The van der Waals surface area contributed by atoms with Crippen LogP contribution < -0.4 is 0 Å². The molecule has 0 radical (unpaired) electrons. The van der Waals surface area contributed by atoms with Crippen molar-refractivity contribution < 1.29 is 14.3 Å². The van der Waals surface area contributed by atoms with Gasteiger partial charge in [-0.2, -0.15) is 0 Å². The zero-order valence-corrected chi connectivity index (χ0v) is 11.7. The number of rotatable bonds is 3. The van der Waals surface area contributed by atoms with Crippen LogP contribution in [0.15, 0.2) is 30.3 Å². The summed E-state index contributed by atoms with van der Waals surface area (Å²) in [6.07, 6.45) is 2.42. The molecule has 2 aliphatic rings. The number of ether oxygens (including phenoxy) is 1. The Bertz CT molecular complexity index is 528. The first-order valence-corrected chi connectivity index (χ1v) is 7.13. The molecule has 2 saturated heterocycles. The average Bonchev–Trinajstić information content (AvgIpc) is 2.92. The molecule has 0 aliphatic carbocycles. The molecule has 0 amide bonds. The van der Waals surface area contributed by atoms with Crippen molar-refractivity contribution in [3.8, 4) is 0 Å². The van der Waals surface area contributed by atoms with Gasteiger partial charge in [0.25, 0.3) is 0 Å². The molecular formula is C16H19NO3. The topological polar surface area (TPSA) is 46.6 Å². The Labute approximate surface area is 118 Å². The summed E-state index contributed by atoms with van der Waals surface area (Å²) in [6, 6.07) is 9.90. The van der Waals surface area contributed by atoms with Crippen molar-refractivity contribution in [3.05, 3.63) is 35.9 Å². The van der Waals surface area contributed by atoms with Gasteiger partial charge in [-0.1, -0.05) is 30.3 Å². The summed E-state index contributed by atoms with van der Waals surface area (Å²) in [5.74, 6) is -0.495. The maximum absolute atomic E-state index is 12.4. The first-order chi connectivity index (χ1) is 9.64. The van der Waals surface area contributed by atoms with E-state index in [0.29, 0.717) is 13.0 Å². The molecule has 3 rings (SSSR count). The van der Waals surface area contributed by atoms with Gasteiger partial charge in [-0.3, -0.25) is 9.69 Å². The second-order valence-corrected chi connectivity index (χ2v) is 5.67. The van der Waals surface area contributed by atoms with Gasteiger partial charge in [0.05, 0.1) is 0 Å². The number of hydrogen-bond donors (Lipinski definition) is 0. The molecule has 0 N–H and O–H groups in total. The SMILES string of the molecule is CC(=O)[C@@]1(Cc2ccccc2)C(=O)OC[C@@H]2CCCN21. The minimum Gasteiger partial charge on any atom is -0.462 e. The van der Waals surface area contributed by atoms with E-state index < -0.39 is 5.54 Å². The highest BCUT2D eigenvalue weighted by atomic mass is 16.5. The van der Waals surface area contributed by atoms with Gasteiger partial charge in [-0.15, -0.1) is 0 Å². The fraction of sp³-hybridized carbons (Fsp3) is 0.500. The monoisotopic (exact) mass is 273 g/mol. The average molecular weight is 273 g/mol. The maximum Gasteiger partial charge on any atom is 0.334 e. The number of carbonyl (C=O) groups is 2. The van der Waals surface area contributed by atoms with E-state index in [-0.39, 0.29) is 17.8 Å². The van der Waals surface area contributed by atoms with Crippen LogP contribution in [-0.4, -0.2) is 41.4 Å². The zero-order chi connectivity index (χ0) is 14.2. The molecule has 2 heterocycles. The number of fused-ring (bicyclic) bond motifs is 1. The standard InChI is InChI=1S/C16H19NO3/c1-12(18)16(10-13-6-3-2-4-7-13)15(19)20-11-14-8-5-9-17(14)16/h2-4,6-7,14H,5,8-11H2,1H3/t14-,16-/m0/s1. The number of morpholine rings is 1. The van der Waals surface area contributed by atoms with E-state index in [2.05, 4.69) is 4.90 Å². The van der Waals surface area contributed by atoms with Crippen LogP contribution in [0.25, 0.3) is 0 Å². The molecule has 0 spiro atoms. The van der Waals surface area contributed by atoms with Gasteiger partial charge in [0.15, 0.2) is 11.3 Å². The normalized spacial score (nSPS) is 29.9. The van der Waals surface area contributed by atoms with Crippen molar-refractivity contribution >= 4 is 11.8 Å². The van der Waals surface area contributed by atoms with E-state index in [0.717, 1.165) is 24.9 Å². The highest BCUT2D eigenvalue weighted by molar-refractivity contribution is 6.08. The van der Waals surface area contributed by atoms with Crippen LogP contribution >= 0.6 is 0 Å². The van der Waals surface area contributed by atoms with Crippen molar-refractivity contribution in [1.82, 2.24) is 4.90 Å². The van der Waals surface area contributed by atoms with Crippen LogP contribution in [0.4, 0.5) is 0 Å². The summed E-state index contributed by atoms with van der Waals surface area (Å²) in [6.45, 7) is 2.72. The van der Waals surface area contributed by atoms with Crippen LogP contribution in [0.5, 0.6) is 0 Å². The molecule has 4 nitrogen and oxygen atoms in total. The largest absolute Gasteiger partial charge is 0.462 e. The summed E-state index contributed by atoms with van der Waals surface area (Å²) in [4.78, 5) is 26.8. The molecule has 0 unspecified atom stereocenters.